The van der Waals surface area contributed by atoms with Crippen LogP contribution in [0.25, 0.3) is 0 Å². The van der Waals surface area contributed by atoms with Gasteiger partial charge in [-0.05, 0) is 24.5 Å². The van der Waals surface area contributed by atoms with E-state index in [1.54, 1.807) is 6.07 Å². The molecule has 2 N–H and O–H groups in total. The quantitative estimate of drug-likeness (QED) is 0.652. The van der Waals surface area contributed by atoms with Crippen LogP contribution in [-0.4, -0.2) is 28.6 Å². The molecule has 0 fully saturated rings. The smallest absolute Gasteiger partial charge is 0.341 e. The SMILES string of the molecule is CCC1(C)Cc2cc(OCC(=O)O)c(Cl)c(Cl)c2C1=NO. The Bertz CT molecular complexity index is 630. The number of halogens is 2. The van der Waals surface area contributed by atoms with Gasteiger partial charge in [-0.25, -0.2) is 4.79 Å². The van der Waals surface area contributed by atoms with Gasteiger partial charge in [0.1, 0.15) is 10.8 Å². The molecule has 0 aliphatic heterocycles. The third-order valence-electron chi connectivity index (χ3n) is 3.88. The zero-order chi connectivity index (χ0) is 15.8. The fraction of sp³-hybridized carbons (Fsp3) is 0.429. The first-order valence-corrected chi connectivity index (χ1v) is 7.18. The molecule has 7 heteroatoms. The maximum atomic E-state index is 10.6. The summed E-state index contributed by atoms with van der Waals surface area (Å²) >= 11 is 12.4. The third-order valence-corrected chi connectivity index (χ3v) is 4.73. The predicted molar refractivity (Wildman–Crippen MR) is 80.0 cm³/mol. The normalized spacial score (nSPS) is 22.4. The van der Waals surface area contributed by atoms with Crippen molar-refractivity contribution in [3.63, 3.8) is 0 Å². The van der Waals surface area contributed by atoms with Crippen LogP contribution in [0.3, 0.4) is 0 Å². The topological polar surface area (TPSA) is 79.1 Å². The van der Waals surface area contributed by atoms with Crippen molar-refractivity contribution in [3.8, 4) is 5.75 Å². The van der Waals surface area contributed by atoms with Gasteiger partial charge < -0.3 is 15.1 Å². The lowest BCUT2D eigenvalue weighted by molar-refractivity contribution is -0.139. The number of carboxylic acids is 1. The van der Waals surface area contributed by atoms with Crippen LogP contribution in [0.4, 0.5) is 0 Å². The standard InChI is InChI=1S/C14H15Cl2NO4/c1-3-14(2)5-7-4-8(21-6-9(18)19)11(15)12(16)10(7)13(14)17-20/h4,20H,3,5-6H2,1-2H3,(H,18,19). The zero-order valence-corrected chi connectivity index (χ0v) is 13.1. The van der Waals surface area contributed by atoms with E-state index in [2.05, 4.69) is 5.16 Å². The highest BCUT2D eigenvalue weighted by atomic mass is 35.5. The average Bonchev–Trinajstić information content (AvgIpc) is 2.73. The van der Waals surface area contributed by atoms with Gasteiger partial charge in [0, 0.05) is 11.0 Å². The van der Waals surface area contributed by atoms with Gasteiger partial charge in [0.15, 0.2) is 6.61 Å². The van der Waals surface area contributed by atoms with Gasteiger partial charge in [-0.3, -0.25) is 0 Å². The Labute approximate surface area is 132 Å². The number of rotatable bonds is 4. The fourth-order valence-corrected chi connectivity index (χ4v) is 3.07. The van der Waals surface area contributed by atoms with E-state index in [9.17, 15) is 10.0 Å². The summed E-state index contributed by atoms with van der Waals surface area (Å²) in [7, 11) is 0. The summed E-state index contributed by atoms with van der Waals surface area (Å²) in [6.45, 7) is 3.47. The van der Waals surface area contributed by atoms with Crippen LogP contribution in [0.5, 0.6) is 5.75 Å². The van der Waals surface area contributed by atoms with Crippen LogP contribution >= 0.6 is 23.2 Å². The van der Waals surface area contributed by atoms with Gasteiger partial charge in [0.05, 0.1) is 10.7 Å². The molecule has 1 aromatic rings. The largest absolute Gasteiger partial charge is 0.480 e. The molecule has 0 bridgehead atoms. The number of ether oxygens (including phenoxy) is 1. The van der Waals surface area contributed by atoms with Crippen LogP contribution in [-0.2, 0) is 11.2 Å². The van der Waals surface area contributed by atoms with E-state index in [0.29, 0.717) is 17.7 Å². The molecule has 2 rings (SSSR count). The Morgan fingerprint density at radius 3 is 2.67 bits per heavy atom. The van der Waals surface area contributed by atoms with E-state index < -0.39 is 12.6 Å². The lowest BCUT2D eigenvalue weighted by Gasteiger charge is -2.21. The highest BCUT2D eigenvalue weighted by molar-refractivity contribution is 6.45. The monoisotopic (exact) mass is 331 g/mol. The lowest BCUT2D eigenvalue weighted by atomic mass is 9.83. The molecule has 1 aliphatic rings. The van der Waals surface area contributed by atoms with E-state index in [-0.39, 0.29) is 21.2 Å². The van der Waals surface area contributed by atoms with Crippen molar-refractivity contribution in [2.24, 2.45) is 10.6 Å². The molecule has 1 aromatic carbocycles. The number of nitrogens with zero attached hydrogens (tertiary/aromatic N) is 1. The molecule has 0 aromatic heterocycles. The molecule has 5 nitrogen and oxygen atoms in total. The number of fused-ring (bicyclic) bond motifs is 1. The predicted octanol–water partition coefficient (Wildman–Crippen LogP) is 3.61. The molecular formula is C14H15Cl2NO4. The van der Waals surface area contributed by atoms with Crippen LogP contribution < -0.4 is 4.74 Å². The highest BCUT2D eigenvalue weighted by Gasteiger charge is 2.41. The minimum Gasteiger partial charge on any atom is -0.480 e. The van der Waals surface area contributed by atoms with Crippen molar-refractivity contribution in [2.45, 2.75) is 26.7 Å². The van der Waals surface area contributed by atoms with Crippen LogP contribution in [0, 0.1) is 5.41 Å². The van der Waals surface area contributed by atoms with Crippen molar-refractivity contribution in [1.82, 2.24) is 0 Å². The Hall–Kier alpha value is -1.46. The fourth-order valence-electron chi connectivity index (χ4n) is 2.56. The molecule has 0 amide bonds. The van der Waals surface area contributed by atoms with Crippen LogP contribution in [0.2, 0.25) is 10.0 Å². The first kappa shape index (κ1) is 15.9. The summed E-state index contributed by atoms with van der Waals surface area (Å²) in [5, 5.41) is 21.7. The number of benzene rings is 1. The van der Waals surface area contributed by atoms with E-state index in [4.69, 9.17) is 33.0 Å². The van der Waals surface area contributed by atoms with Crippen molar-refractivity contribution in [3.05, 3.63) is 27.2 Å². The zero-order valence-electron chi connectivity index (χ0n) is 11.6. The first-order chi connectivity index (χ1) is 9.84. The second-order valence-corrected chi connectivity index (χ2v) is 6.01. The molecule has 1 atom stereocenters. The number of hydrogen-bond donors (Lipinski definition) is 2. The maximum absolute atomic E-state index is 10.6. The molecular weight excluding hydrogens is 317 g/mol. The molecule has 0 radical (unpaired) electrons. The lowest BCUT2D eigenvalue weighted by Crippen LogP contribution is -2.23. The van der Waals surface area contributed by atoms with E-state index in [0.717, 1.165) is 12.0 Å². The number of hydrogen-bond acceptors (Lipinski definition) is 4. The Morgan fingerprint density at radius 1 is 1.48 bits per heavy atom. The Morgan fingerprint density at radius 2 is 2.14 bits per heavy atom. The Kier molecular flexibility index (Phi) is 4.35. The van der Waals surface area contributed by atoms with Gasteiger partial charge in [0.2, 0.25) is 0 Å². The summed E-state index contributed by atoms with van der Waals surface area (Å²) in [6, 6.07) is 1.67. The summed E-state index contributed by atoms with van der Waals surface area (Å²) < 4.78 is 5.16. The molecule has 0 saturated carbocycles. The summed E-state index contributed by atoms with van der Waals surface area (Å²) in [5.74, 6) is -0.876. The molecule has 21 heavy (non-hydrogen) atoms. The van der Waals surface area contributed by atoms with E-state index in [1.807, 2.05) is 13.8 Å². The van der Waals surface area contributed by atoms with Crippen molar-refractivity contribution >= 4 is 34.9 Å². The number of carboxylic acid groups (broad SMARTS) is 1. The summed E-state index contributed by atoms with van der Waals surface area (Å²) in [4.78, 5) is 10.6. The molecule has 1 unspecified atom stereocenters. The summed E-state index contributed by atoms with van der Waals surface area (Å²) in [6.07, 6.45) is 1.39. The van der Waals surface area contributed by atoms with Gasteiger partial charge in [-0.15, -0.1) is 0 Å². The molecule has 1 aliphatic carbocycles. The average molecular weight is 332 g/mol. The second kappa shape index (κ2) is 5.73. The Balaban J connectivity index is 2.52. The number of aliphatic carboxylic acids is 1. The van der Waals surface area contributed by atoms with E-state index >= 15 is 0 Å². The van der Waals surface area contributed by atoms with Gasteiger partial charge in [0.25, 0.3) is 0 Å². The first-order valence-electron chi connectivity index (χ1n) is 6.42. The third kappa shape index (κ3) is 2.68. The minimum atomic E-state index is -1.10. The number of carbonyl (C=O) groups is 1. The highest BCUT2D eigenvalue weighted by Crippen LogP contribution is 2.47. The van der Waals surface area contributed by atoms with Crippen molar-refractivity contribution in [2.75, 3.05) is 6.61 Å². The van der Waals surface area contributed by atoms with Gasteiger partial charge >= 0.3 is 5.97 Å². The number of oxime groups is 1. The van der Waals surface area contributed by atoms with Crippen molar-refractivity contribution < 1.29 is 19.8 Å². The van der Waals surface area contributed by atoms with Crippen LogP contribution in [0.15, 0.2) is 11.2 Å². The molecule has 0 spiro atoms. The van der Waals surface area contributed by atoms with Crippen molar-refractivity contribution in [1.29, 1.82) is 0 Å². The molecule has 114 valence electrons. The minimum absolute atomic E-state index is 0.123. The van der Waals surface area contributed by atoms with Crippen LogP contribution in [0.1, 0.15) is 31.4 Å². The maximum Gasteiger partial charge on any atom is 0.341 e. The molecule has 0 saturated heterocycles. The van der Waals surface area contributed by atoms with E-state index in [1.165, 1.54) is 0 Å². The van der Waals surface area contributed by atoms with Gasteiger partial charge in [-0.1, -0.05) is 42.2 Å². The van der Waals surface area contributed by atoms with Gasteiger partial charge in [-0.2, -0.15) is 0 Å². The summed E-state index contributed by atoms with van der Waals surface area (Å²) in [5.41, 5.74) is 1.60. The molecule has 0 heterocycles. The second-order valence-electron chi connectivity index (χ2n) is 5.26.